The van der Waals surface area contributed by atoms with Crippen LogP contribution in [0.4, 0.5) is 5.69 Å². The largest absolute Gasteiger partial charge is 0.298 e. The number of benzene rings is 1. The lowest BCUT2D eigenvalue weighted by Crippen LogP contribution is -1.94. The molecular formula is C13H11N3O. The van der Waals surface area contributed by atoms with Crippen LogP contribution in [-0.2, 0) is 0 Å². The molecule has 0 spiro atoms. The highest BCUT2D eigenvalue weighted by molar-refractivity contribution is 5.85. The third-order valence-electron chi connectivity index (χ3n) is 2.17. The standard InChI is InChI=1S/C13H11N3O/c17-10-12-5-1-2-6-13(12)16-15-9-11-4-3-7-14-8-11/h1-10,16H/b15-9+. The summed E-state index contributed by atoms with van der Waals surface area (Å²) in [6.45, 7) is 0. The molecule has 4 heteroatoms. The molecule has 0 radical (unpaired) electrons. The Hall–Kier alpha value is -2.49. The number of hydrogen-bond donors (Lipinski definition) is 1. The predicted molar refractivity (Wildman–Crippen MR) is 67.3 cm³/mol. The van der Waals surface area contributed by atoms with Crippen LogP contribution in [0.25, 0.3) is 0 Å². The summed E-state index contributed by atoms with van der Waals surface area (Å²) in [6.07, 6.45) is 5.85. The first-order valence-electron chi connectivity index (χ1n) is 5.13. The number of rotatable bonds is 4. The number of pyridine rings is 1. The van der Waals surface area contributed by atoms with E-state index in [-0.39, 0.29) is 0 Å². The van der Waals surface area contributed by atoms with Gasteiger partial charge in [-0.1, -0.05) is 18.2 Å². The number of aromatic nitrogens is 1. The van der Waals surface area contributed by atoms with Gasteiger partial charge < -0.3 is 0 Å². The number of hydrazone groups is 1. The zero-order chi connectivity index (χ0) is 11.9. The molecule has 0 saturated carbocycles. The van der Waals surface area contributed by atoms with Gasteiger partial charge in [-0.2, -0.15) is 5.10 Å². The van der Waals surface area contributed by atoms with Gasteiger partial charge in [0, 0.05) is 23.5 Å². The number of nitrogens with zero attached hydrogens (tertiary/aromatic N) is 2. The van der Waals surface area contributed by atoms with Crippen LogP contribution in [0.5, 0.6) is 0 Å². The van der Waals surface area contributed by atoms with E-state index < -0.39 is 0 Å². The van der Waals surface area contributed by atoms with Gasteiger partial charge in [-0.3, -0.25) is 15.2 Å². The molecule has 0 atom stereocenters. The van der Waals surface area contributed by atoms with Crippen LogP contribution in [0.15, 0.2) is 53.9 Å². The lowest BCUT2D eigenvalue weighted by Gasteiger charge is -2.02. The van der Waals surface area contributed by atoms with Gasteiger partial charge in [-0.15, -0.1) is 0 Å². The van der Waals surface area contributed by atoms with Crippen LogP contribution >= 0.6 is 0 Å². The number of hydrogen-bond acceptors (Lipinski definition) is 4. The predicted octanol–water partition coefficient (Wildman–Crippen LogP) is 2.34. The molecule has 0 amide bonds. The van der Waals surface area contributed by atoms with Crippen molar-refractivity contribution in [3.63, 3.8) is 0 Å². The molecule has 1 N–H and O–H groups in total. The SMILES string of the molecule is O=Cc1ccccc1N/N=C/c1cccnc1. The fraction of sp³-hybridized carbons (Fsp3) is 0. The zero-order valence-electron chi connectivity index (χ0n) is 9.08. The van der Waals surface area contributed by atoms with Crippen molar-refractivity contribution >= 4 is 18.2 Å². The first kappa shape index (κ1) is 11.0. The maximum Gasteiger partial charge on any atom is 0.152 e. The van der Waals surface area contributed by atoms with Gasteiger partial charge >= 0.3 is 0 Å². The summed E-state index contributed by atoms with van der Waals surface area (Å²) in [7, 11) is 0. The number of nitrogens with one attached hydrogen (secondary N) is 1. The van der Waals surface area contributed by atoms with E-state index in [2.05, 4.69) is 15.5 Å². The molecule has 0 saturated heterocycles. The molecule has 0 aliphatic heterocycles. The Labute approximate surface area is 99.0 Å². The smallest absolute Gasteiger partial charge is 0.152 e. The highest BCUT2D eigenvalue weighted by Gasteiger charge is 1.96. The number of para-hydroxylation sites is 1. The number of carbonyl (C=O) groups excluding carboxylic acids is 1. The van der Waals surface area contributed by atoms with Crippen molar-refractivity contribution in [2.45, 2.75) is 0 Å². The van der Waals surface area contributed by atoms with Crippen LogP contribution in [0, 0.1) is 0 Å². The number of anilines is 1. The molecule has 2 rings (SSSR count). The van der Waals surface area contributed by atoms with Gasteiger partial charge in [0.25, 0.3) is 0 Å². The summed E-state index contributed by atoms with van der Waals surface area (Å²) in [5, 5.41) is 4.05. The minimum absolute atomic E-state index is 0.579. The molecule has 1 aromatic heterocycles. The lowest BCUT2D eigenvalue weighted by atomic mass is 10.2. The third-order valence-corrected chi connectivity index (χ3v) is 2.17. The van der Waals surface area contributed by atoms with Crippen LogP contribution in [-0.4, -0.2) is 17.5 Å². The quantitative estimate of drug-likeness (QED) is 0.493. The Morgan fingerprint density at radius 1 is 1.18 bits per heavy atom. The van der Waals surface area contributed by atoms with Gasteiger partial charge in [0.15, 0.2) is 6.29 Å². The topological polar surface area (TPSA) is 54.4 Å². The van der Waals surface area contributed by atoms with Crippen molar-refractivity contribution in [3.05, 3.63) is 59.9 Å². The van der Waals surface area contributed by atoms with Crippen molar-refractivity contribution in [2.24, 2.45) is 5.10 Å². The van der Waals surface area contributed by atoms with Gasteiger partial charge in [0.1, 0.15) is 0 Å². The fourth-order valence-electron chi connectivity index (χ4n) is 1.33. The third kappa shape index (κ3) is 2.98. The van der Waals surface area contributed by atoms with Crippen LogP contribution in [0.3, 0.4) is 0 Å². The van der Waals surface area contributed by atoms with Crippen molar-refractivity contribution in [3.8, 4) is 0 Å². The Kier molecular flexibility index (Phi) is 3.60. The summed E-state index contributed by atoms with van der Waals surface area (Å²) in [5.41, 5.74) is 4.98. The molecule has 0 aliphatic carbocycles. The van der Waals surface area contributed by atoms with Gasteiger partial charge in [-0.05, 0) is 18.2 Å². The monoisotopic (exact) mass is 225 g/mol. The van der Waals surface area contributed by atoms with E-state index >= 15 is 0 Å². The molecule has 0 bridgehead atoms. The highest BCUT2D eigenvalue weighted by atomic mass is 16.1. The van der Waals surface area contributed by atoms with Crippen molar-refractivity contribution in [2.75, 3.05) is 5.43 Å². The van der Waals surface area contributed by atoms with E-state index in [1.807, 2.05) is 18.2 Å². The average Bonchev–Trinajstić information content (AvgIpc) is 2.40. The Morgan fingerprint density at radius 2 is 2.06 bits per heavy atom. The van der Waals surface area contributed by atoms with E-state index in [4.69, 9.17) is 0 Å². The highest BCUT2D eigenvalue weighted by Crippen LogP contribution is 2.12. The molecule has 4 nitrogen and oxygen atoms in total. The average molecular weight is 225 g/mol. The van der Waals surface area contributed by atoms with Gasteiger partial charge in [0.05, 0.1) is 11.9 Å². The van der Waals surface area contributed by atoms with Crippen molar-refractivity contribution in [1.82, 2.24) is 4.98 Å². The van der Waals surface area contributed by atoms with Crippen LogP contribution < -0.4 is 5.43 Å². The maximum absolute atomic E-state index is 10.8. The van der Waals surface area contributed by atoms with E-state index in [0.717, 1.165) is 11.8 Å². The summed E-state index contributed by atoms with van der Waals surface area (Å²) in [6, 6.07) is 10.9. The van der Waals surface area contributed by atoms with E-state index in [9.17, 15) is 4.79 Å². The van der Waals surface area contributed by atoms with Crippen LogP contribution in [0.2, 0.25) is 0 Å². The molecule has 1 aromatic carbocycles. The second-order valence-electron chi connectivity index (χ2n) is 3.36. The van der Waals surface area contributed by atoms with Crippen molar-refractivity contribution in [1.29, 1.82) is 0 Å². The summed E-state index contributed by atoms with van der Waals surface area (Å²) >= 11 is 0. The Balaban J connectivity index is 2.07. The summed E-state index contributed by atoms with van der Waals surface area (Å²) in [5.74, 6) is 0. The van der Waals surface area contributed by atoms with Gasteiger partial charge in [-0.25, -0.2) is 0 Å². The molecule has 0 unspecified atom stereocenters. The molecule has 17 heavy (non-hydrogen) atoms. The molecule has 0 aliphatic rings. The zero-order valence-corrected chi connectivity index (χ0v) is 9.08. The minimum atomic E-state index is 0.579. The Morgan fingerprint density at radius 3 is 2.82 bits per heavy atom. The minimum Gasteiger partial charge on any atom is -0.298 e. The Bertz CT molecular complexity index is 523. The maximum atomic E-state index is 10.8. The van der Waals surface area contributed by atoms with E-state index in [0.29, 0.717) is 11.3 Å². The first-order valence-corrected chi connectivity index (χ1v) is 5.13. The molecule has 0 fully saturated rings. The normalized spacial score (nSPS) is 10.4. The number of carbonyl (C=O) groups is 1. The van der Waals surface area contributed by atoms with E-state index in [1.165, 1.54) is 0 Å². The van der Waals surface area contributed by atoms with Crippen molar-refractivity contribution < 1.29 is 4.79 Å². The fourth-order valence-corrected chi connectivity index (χ4v) is 1.33. The van der Waals surface area contributed by atoms with Gasteiger partial charge in [0.2, 0.25) is 0 Å². The molecule has 2 aromatic rings. The molecular weight excluding hydrogens is 214 g/mol. The lowest BCUT2D eigenvalue weighted by molar-refractivity contribution is 0.112. The van der Waals surface area contributed by atoms with E-state index in [1.54, 1.807) is 36.8 Å². The second-order valence-corrected chi connectivity index (χ2v) is 3.36. The number of aldehydes is 1. The van der Waals surface area contributed by atoms with Crippen LogP contribution in [0.1, 0.15) is 15.9 Å². The summed E-state index contributed by atoms with van der Waals surface area (Å²) < 4.78 is 0. The molecule has 84 valence electrons. The summed E-state index contributed by atoms with van der Waals surface area (Å²) in [4.78, 5) is 14.7. The molecule has 1 heterocycles. The first-order chi connectivity index (χ1) is 8.40. The second kappa shape index (κ2) is 5.55.